The van der Waals surface area contributed by atoms with Crippen molar-refractivity contribution in [2.24, 2.45) is 5.92 Å². The van der Waals surface area contributed by atoms with Gasteiger partial charge in [0.15, 0.2) is 11.7 Å². The maximum atomic E-state index is 11.8. The summed E-state index contributed by atoms with van der Waals surface area (Å²) in [5.41, 5.74) is 2.84. The van der Waals surface area contributed by atoms with Crippen LogP contribution in [-0.2, 0) is 4.79 Å². The first-order valence-corrected chi connectivity index (χ1v) is 8.11. The molecular weight excluding hydrogens is 300 g/mol. The number of nitrogens with one attached hydrogen (secondary N) is 1. The summed E-state index contributed by atoms with van der Waals surface area (Å²) in [6, 6.07) is 20.0. The lowest BCUT2D eigenvalue weighted by atomic mass is 10.1. The standard InChI is InChI=1S/C20H18N2O2/c1-21-19(23)15-12-16(15)20-22-17(13-8-4-2-5-9-13)18(24-20)14-10-6-3-7-11-14/h2-11,15-16H,12H2,1H3,(H,21,23)/t15-,16-/m0/s1. The average molecular weight is 318 g/mol. The van der Waals surface area contributed by atoms with Crippen LogP contribution in [-0.4, -0.2) is 17.9 Å². The maximum Gasteiger partial charge on any atom is 0.223 e. The summed E-state index contributed by atoms with van der Waals surface area (Å²) in [6.07, 6.45) is 0.794. The summed E-state index contributed by atoms with van der Waals surface area (Å²) in [5, 5.41) is 2.70. The van der Waals surface area contributed by atoms with Crippen molar-refractivity contribution in [3.05, 3.63) is 66.6 Å². The fourth-order valence-electron chi connectivity index (χ4n) is 3.02. The van der Waals surface area contributed by atoms with Gasteiger partial charge >= 0.3 is 0 Å². The number of hydrogen-bond acceptors (Lipinski definition) is 3. The van der Waals surface area contributed by atoms with Gasteiger partial charge in [-0.25, -0.2) is 4.98 Å². The highest BCUT2D eigenvalue weighted by Crippen LogP contribution is 2.49. The van der Waals surface area contributed by atoms with E-state index in [9.17, 15) is 4.79 Å². The lowest BCUT2D eigenvalue weighted by molar-refractivity contribution is -0.121. The molecular formula is C20H18N2O2. The molecule has 1 N–H and O–H groups in total. The van der Waals surface area contributed by atoms with Crippen LogP contribution in [0.5, 0.6) is 0 Å². The third-order valence-corrected chi connectivity index (χ3v) is 4.42. The summed E-state index contributed by atoms with van der Waals surface area (Å²) < 4.78 is 6.11. The van der Waals surface area contributed by atoms with Crippen molar-refractivity contribution in [1.82, 2.24) is 10.3 Å². The second-order valence-electron chi connectivity index (χ2n) is 6.02. The summed E-state index contributed by atoms with van der Waals surface area (Å²) in [5.74, 6) is 1.52. The molecule has 4 rings (SSSR count). The van der Waals surface area contributed by atoms with Gasteiger partial charge in [-0.05, 0) is 6.42 Å². The highest BCUT2D eigenvalue weighted by molar-refractivity contribution is 5.82. The first-order valence-electron chi connectivity index (χ1n) is 8.11. The van der Waals surface area contributed by atoms with Gasteiger partial charge in [-0.15, -0.1) is 0 Å². The molecule has 120 valence electrons. The van der Waals surface area contributed by atoms with Gasteiger partial charge in [0.2, 0.25) is 5.91 Å². The maximum absolute atomic E-state index is 11.8. The van der Waals surface area contributed by atoms with Gasteiger partial charge < -0.3 is 9.73 Å². The van der Waals surface area contributed by atoms with E-state index in [4.69, 9.17) is 9.40 Å². The highest BCUT2D eigenvalue weighted by atomic mass is 16.4. The van der Waals surface area contributed by atoms with Gasteiger partial charge in [0.25, 0.3) is 0 Å². The van der Waals surface area contributed by atoms with E-state index in [0.717, 1.165) is 29.0 Å². The highest BCUT2D eigenvalue weighted by Gasteiger charge is 2.47. The summed E-state index contributed by atoms with van der Waals surface area (Å²) in [6.45, 7) is 0. The van der Waals surface area contributed by atoms with Gasteiger partial charge in [0.1, 0.15) is 5.69 Å². The lowest BCUT2D eigenvalue weighted by Gasteiger charge is -2.00. The van der Waals surface area contributed by atoms with Gasteiger partial charge in [-0.3, -0.25) is 4.79 Å². The number of aromatic nitrogens is 1. The van der Waals surface area contributed by atoms with Crippen molar-refractivity contribution in [2.45, 2.75) is 12.3 Å². The molecule has 0 bridgehead atoms. The zero-order chi connectivity index (χ0) is 16.5. The van der Waals surface area contributed by atoms with Crippen molar-refractivity contribution in [1.29, 1.82) is 0 Å². The van der Waals surface area contributed by atoms with E-state index in [1.54, 1.807) is 7.05 Å². The molecule has 0 radical (unpaired) electrons. The molecule has 2 aromatic carbocycles. The second kappa shape index (κ2) is 5.96. The number of carbonyl (C=O) groups excluding carboxylic acids is 1. The van der Waals surface area contributed by atoms with E-state index in [0.29, 0.717) is 5.89 Å². The number of amides is 1. The van der Waals surface area contributed by atoms with Crippen LogP contribution in [0.3, 0.4) is 0 Å². The first-order chi connectivity index (χ1) is 11.8. The van der Waals surface area contributed by atoms with Crippen LogP contribution in [0.25, 0.3) is 22.6 Å². The van der Waals surface area contributed by atoms with Crippen molar-refractivity contribution in [3.8, 4) is 22.6 Å². The van der Waals surface area contributed by atoms with Gasteiger partial charge in [0, 0.05) is 24.1 Å². The van der Waals surface area contributed by atoms with Crippen LogP contribution in [0.4, 0.5) is 0 Å². The molecule has 1 aliphatic carbocycles. The lowest BCUT2D eigenvalue weighted by Crippen LogP contribution is -2.20. The van der Waals surface area contributed by atoms with E-state index in [1.165, 1.54) is 0 Å². The molecule has 0 spiro atoms. The zero-order valence-corrected chi connectivity index (χ0v) is 13.4. The van der Waals surface area contributed by atoms with E-state index in [1.807, 2.05) is 60.7 Å². The topological polar surface area (TPSA) is 55.1 Å². The van der Waals surface area contributed by atoms with Crippen molar-refractivity contribution in [2.75, 3.05) is 7.05 Å². The van der Waals surface area contributed by atoms with E-state index in [-0.39, 0.29) is 17.7 Å². The van der Waals surface area contributed by atoms with Crippen LogP contribution < -0.4 is 5.32 Å². The molecule has 24 heavy (non-hydrogen) atoms. The minimum atomic E-state index is -0.0269. The average Bonchev–Trinajstić information content (AvgIpc) is 3.33. The Morgan fingerprint density at radius 1 is 1.04 bits per heavy atom. The Morgan fingerprint density at radius 2 is 1.67 bits per heavy atom. The normalized spacial score (nSPS) is 19.0. The largest absolute Gasteiger partial charge is 0.440 e. The van der Waals surface area contributed by atoms with E-state index < -0.39 is 0 Å². The van der Waals surface area contributed by atoms with Crippen LogP contribution in [0.15, 0.2) is 65.1 Å². The Morgan fingerprint density at radius 3 is 2.29 bits per heavy atom. The Bertz CT molecular complexity index is 799. The van der Waals surface area contributed by atoms with Gasteiger partial charge in [-0.1, -0.05) is 60.7 Å². The van der Waals surface area contributed by atoms with Crippen molar-refractivity contribution >= 4 is 5.91 Å². The second-order valence-corrected chi connectivity index (χ2v) is 6.02. The minimum absolute atomic E-state index is 0.0269. The van der Waals surface area contributed by atoms with Gasteiger partial charge in [0.05, 0.1) is 5.92 Å². The zero-order valence-electron chi connectivity index (χ0n) is 13.4. The molecule has 3 aromatic rings. The molecule has 4 nitrogen and oxygen atoms in total. The van der Waals surface area contributed by atoms with Crippen molar-refractivity contribution in [3.63, 3.8) is 0 Å². The molecule has 1 amide bonds. The van der Waals surface area contributed by atoms with Gasteiger partial charge in [-0.2, -0.15) is 0 Å². The minimum Gasteiger partial charge on any atom is -0.440 e. The monoisotopic (exact) mass is 318 g/mol. The molecule has 1 fully saturated rings. The summed E-state index contributed by atoms with van der Waals surface area (Å²) in [4.78, 5) is 16.5. The van der Waals surface area contributed by atoms with E-state index in [2.05, 4.69) is 5.32 Å². The Kier molecular flexibility index (Phi) is 3.65. The predicted octanol–water partition coefficient (Wildman–Crippen LogP) is 3.86. The molecule has 1 heterocycles. The molecule has 1 aromatic heterocycles. The first kappa shape index (κ1) is 14.7. The predicted molar refractivity (Wildman–Crippen MR) is 92.3 cm³/mol. The third kappa shape index (κ3) is 2.60. The number of benzene rings is 2. The fourth-order valence-corrected chi connectivity index (χ4v) is 3.02. The number of oxazole rings is 1. The van der Waals surface area contributed by atoms with Crippen molar-refractivity contribution < 1.29 is 9.21 Å². The third-order valence-electron chi connectivity index (χ3n) is 4.42. The quantitative estimate of drug-likeness (QED) is 0.795. The molecule has 1 aliphatic rings. The smallest absolute Gasteiger partial charge is 0.223 e. The molecule has 0 aliphatic heterocycles. The number of rotatable bonds is 4. The number of hydrogen-bond donors (Lipinski definition) is 1. The fraction of sp³-hybridized carbons (Fsp3) is 0.200. The van der Waals surface area contributed by atoms with E-state index >= 15 is 0 Å². The Balaban J connectivity index is 1.76. The SMILES string of the molecule is CNC(=O)[C@H]1C[C@@H]1c1nc(-c2ccccc2)c(-c2ccccc2)o1. The van der Waals surface area contributed by atoms with Crippen LogP contribution in [0.2, 0.25) is 0 Å². The molecule has 0 unspecified atom stereocenters. The molecule has 2 atom stereocenters. The van der Waals surface area contributed by atoms with Crippen LogP contribution >= 0.6 is 0 Å². The summed E-state index contributed by atoms with van der Waals surface area (Å²) in [7, 11) is 1.66. The molecule has 4 heteroatoms. The Labute approximate surface area is 140 Å². The van der Waals surface area contributed by atoms with Crippen LogP contribution in [0, 0.1) is 5.92 Å². The molecule has 0 saturated heterocycles. The molecule has 1 saturated carbocycles. The number of carbonyl (C=O) groups is 1. The van der Waals surface area contributed by atoms with Crippen LogP contribution in [0.1, 0.15) is 18.2 Å². The summed E-state index contributed by atoms with van der Waals surface area (Å²) >= 11 is 0. The Hall–Kier alpha value is -2.88. The number of nitrogens with zero attached hydrogens (tertiary/aromatic N) is 1.